The number of nitro groups is 1. The van der Waals surface area contributed by atoms with Crippen molar-refractivity contribution in [3.8, 4) is 0 Å². The highest BCUT2D eigenvalue weighted by molar-refractivity contribution is 5.60. The smallest absolute Gasteiger partial charge is 0.376 e. The van der Waals surface area contributed by atoms with E-state index in [2.05, 4.69) is 10.3 Å². The lowest BCUT2D eigenvalue weighted by Crippen LogP contribution is -2.39. The van der Waals surface area contributed by atoms with E-state index in [0.29, 0.717) is 11.6 Å². The van der Waals surface area contributed by atoms with E-state index in [-0.39, 0.29) is 18.0 Å². The Labute approximate surface area is 137 Å². The third kappa shape index (κ3) is 2.43. The van der Waals surface area contributed by atoms with Crippen LogP contribution in [0.2, 0.25) is 0 Å². The van der Waals surface area contributed by atoms with Crippen molar-refractivity contribution in [3.63, 3.8) is 0 Å². The van der Waals surface area contributed by atoms with Gasteiger partial charge >= 0.3 is 11.2 Å². The summed E-state index contributed by atoms with van der Waals surface area (Å²) in [6.45, 7) is 0.726. The van der Waals surface area contributed by atoms with Gasteiger partial charge in [-0.15, -0.1) is 0 Å². The van der Waals surface area contributed by atoms with E-state index in [9.17, 15) is 14.9 Å². The quantitative estimate of drug-likeness (QED) is 0.682. The normalized spacial score (nSPS) is 26.2. The van der Waals surface area contributed by atoms with Crippen LogP contribution in [0.15, 0.2) is 29.2 Å². The fraction of sp³-hybridized carbons (Fsp3) is 0.500. The molecule has 0 amide bonds. The van der Waals surface area contributed by atoms with Gasteiger partial charge in [-0.05, 0) is 37.8 Å². The number of hydrogen-bond acceptors (Lipinski definition) is 6. The molecule has 1 saturated heterocycles. The molecule has 1 N–H and O–H groups in total. The number of hydrogen-bond donors (Lipinski definition) is 1. The number of nitrogens with zero attached hydrogens (tertiary/aromatic N) is 3. The Morgan fingerprint density at radius 2 is 2.21 bits per heavy atom. The number of aromatic nitrogens is 2. The fourth-order valence-electron chi connectivity index (χ4n) is 3.88. The van der Waals surface area contributed by atoms with Crippen LogP contribution in [0.1, 0.15) is 25.7 Å². The maximum absolute atomic E-state index is 12.5. The summed E-state index contributed by atoms with van der Waals surface area (Å²) in [7, 11) is 0. The van der Waals surface area contributed by atoms with Crippen molar-refractivity contribution in [3.05, 3.63) is 44.9 Å². The van der Waals surface area contributed by atoms with Gasteiger partial charge in [-0.1, -0.05) is 6.07 Å². The van der Waals surface area contributed by atoms with Gasteiger partial charge in [0.2, 0.25) is 5.82 Å². The summed E-state index contributed by atoms with van der Waals surface area (Å²) in [5.41, 5.74) is -0.770. The monoisotopic (exact) mass is 330 g/mol. The minimum atomic E-state index is -0.664. The maximum Gasteiger partial charge on any atom is 0.376 e. The van der Waals surface area contributed by atoms with E-state index in [4.69, 9.17) is 4.74 Å². The largest absolute Gasteiger partial charge is 0.378 e. The predicted molar refractivity (Wildman–Crippen MR) is 87.2 cm³/mol. The minimum Gasteiger partial charge on any atom is -0.378 e. The molecule has 2 aliphatic rings. The molecular weight excluding hydrogens is 312 g/mol. The number of ether oxygens (including phenoxy) is 1. The molecule has 2 aromatic heterocycles. The van der Waals surface area contributed by atoms with Crippen LogP contribution in [0, 0.1) is 16.0 Å². The van der Waals surface area contributed by atoms with Gasteiger partial charge in [0, 0.05) is 24.8 Å². The lowest BCUT2D eigenvalue weighted by atomic mass is 9.82. The molecule has 2 fully saturated rings. The van der Waals surface area contributed by atoms with Crippen LogP contribution in [0.4, 0.5) is 11.5 Å². The second-order valence-electron chi connectivity index (χ2n) is 6.34. The van der Waals surface area contributed by atoms with Gasteiger partial charge in [0.1, 0.15) is 5.65 Å². The van der Waals surface area contributed by atoms with Gasteiger partial charge in [-0.25, -0.2) is 4.98 Å². The third-order valence-electron chi connectivity index (χ3n) is 5.00. The summed E-state index contributed by atoms with van der Waals surface area (Å²) in [5, 5.41) is 14.6. The Morgan fingerprint density at radius 3 is 3.04 bits per heavy atom. The topological polar surface area (TPSA) is 98.8 Å². The molecule has 0 spiro atoms. The highest BCUT2D eigenvalue weighted by Gasteiger charge is 2.39. The molecule has 1 aliphatic heterocycles. The fourth-order valence-corrected chi connectivity index (χ4v) is 3.88. The first kappa shape index (κ1) is 15.1. The molecule has 1 aliphatic carbocycles. The first-order valence-electron chi connectivity index (χ1n) is 8.19. The van der Waals surface area contributed by atoms with Crippen LogP contribution in [-0.2, 0) is 4.74 Å². The molecule has 1 saturated carbocycles. The molecule has 8 heteroatoms. The van der Waals surface area contributed by atoms with Crippen molar-refractivity contribution < 1.29 is 9.66 Å². The Bertz CT molecular complexity index is 850. The van der Waals surface area contributed by atoms with Crippen LogP contribution in [-0.4, -0.2) is 33.1 Å². The van der Waals surface area contributed by atoms with Crippen molar-refractivity contribution >= 4 is 17.2 Å². The molecule has 0 bridgehead atoms. The Balaban J connectivity index is 1.76. The lowest BCUT2D eigenvalue weighted by Gasteiger charge is -2.33. The predicted octanol–water partition coefficient (Wildman–Crippen LogP) is 1.97. The molecule has 24 heavy (non-hydrogen) atoms. The van der Waals surface area contributed by atoms with E-state index in [0.717, 1.165) is 32.3 Å². The first-order chi connectivity index (χ1) is 11.6. The van der Waals surface area contributed by atoms with Crippen LogP contribution in [0.5, 0.6) is 0 Å². The Kier molecular flexibility index (Phi) is 3.68. The first-order valence-corrected chi connectivity index (χ1v) is 8.19. The maximum atomic E-state index is 12.5. The van der Waals surface area contributed by atoms with Gasteiger partial charge < -0.3 is 10.1 Å². The Morgan fingerprint density at radius 1 is 1.33 bits per heavy atom. The number of anilines is 1. The van der Waals surface area contributed by atoms with Gasteiger partial charge in [0.25, 0.3) is 0 Å². The summed E-state index contributed by atoms with van der Waals surface area (Å²) >= 11 is 0. The highest BCUT2D eigenvalue weighted by Crippen LogP contribution is 2.36. The molecule has 0 aromatic carbocycles. The van der Waals surface area contributed by atoms with E-state index in [1.165, 1.54) is 10.6 Å². The molecule has 4 rings (SSSR count). The van der Waals surface area contributed by atoms with Gasteiger partial charge in [0.05, 0.1) is 11.0 Å². The highest BCUT2D eigenvalue weighted by atomic mass is 16.6. The van der Waals surface area contributed by atoms with Crippen molar-refractivity contribution in [2.75, 3.05) is 11.9 Å². The third-order valence-corrected chi connectivity index (χ3v) is 5.00. The standard InChI is InChI=1S/C16H18N4O4/c21-16-14(20(22)23)15(18-13-6-1-2-8-19(13)16)17-11-4-3-5-12-10(11)7-9-24-12/h1-2,6,8,10-12,17H,3-5,7,9H2. The van der Waals surface area contributed by atoms with Crippen molar-refractivity contribution in [1.29, 1.82) is 0 Å². The number of nitrogens with one attached hydrogen (secondary N) is 1. The summed E-state index contributed by atoms with van der Waals surface area (Å²) in [4.78, 5) is 27.6. The van der Waals surface area contributed by atoms with Crippen molar-refractivity contribution in [1.82, 2.24) is 9.38 Å². The molecule has 0 radical (unpaired) electrons. The second-order valence-corrected chi connectivity index (χ2v) is 6.34. The van der Waals surface area contributed by atoms with Gasteiger partial charge in [-0.3, -0.25) is 19.3 Å². The number of fused-ring (bicyclic) bond motifs is 2. The number of pyridine rings is 1. The minimum absolute atomic E-state index is 0.0445. The number of rotatable bonds is 3. The lowest BCUT2D eigenvalue weighted by molar-refractivity contribution is -0.385. The molecule has 3 heterocycles. The molecule has 3 atom stereocenters. The molecular formula is C16H18N4O4. The summed E-state index contributed by atoms with van der Waals surface area (Å²) in [6, 6.07) is 5.11. The van der Waals surface area contributed by atoms with E-state index >= 15 is 0 Å². The average molecular weight is 330 g/mol. The summed E-state index contributed by atoms with van der Waals surface area (Å²) < 4.78 is 6.94. The zero-order valence-electron chi connectivity index (χ0n) is 13.1. The molecule has 8 nitrogen and oxygen atoms in total. The van der Waals surface area contributed by atoms with E-state index in [1.807, 2.05) is 0 Å². The molecule has 2 aromatic rings. The van der Waals surface area contributed by atoms with Gasteiger partial charge in [0.15, 0.2) is 0 Å². The summed E-state index contributed by atoms with van der Waals surface area (Å²) in [5.74, 6) is 0.378. The van der Waals surface area contributed by atoms with Crippen LogP contribution >= 0.6 is 0 Å². The van der Waals surface area contributed by atoms with Crippen LogP contribution in [0.25, 0.3) is 5.65 Å². The van der Waals surface area contributed by atoms with Crippen molar-refractivity contribution in [2.45, 2.75) is 37.8 Å². The van der Waals surface area contributed by atoms with Crippen LogP contribution in [0.3, 0.4) is 0 Å². The zero-order valence-corrected chi connectivity index (χ0v) is 13.1. The second kappa shape index (κ2) is 5.86. The Hall–Kier alpha value is -2.48. The van der Waals surface area contributed by atoms with Gasteiger partial charge in [-0.2, -0.15) is 0 Å². The summed E-state index contributed by atoms with van der Waals surface area (Å²) in [6.07, 6.45) is 5.55. The molecule has 3 unspecified atom stereocenters. The average Bonchev–Trinajstić information content (AvgIpc) is 3.04. The zero-order chi connectivity index (χ0) is 16.7. The van der Waals surface area contributed by atoms with E-state index < -0.39 is 16.2 Å². The van der Waals surface area contributed by atoms with Crippen LogP contribution < -0.4 is 10.9 Å². The molecule has 126 valence electrons. The van der Waals surface area contributed by atoms with Crippen molar-refractivity contribution in [2.24, 2.45) is 5.92 Å². The van der Waals surface area contributed by atoms with E-state index in [1.54, 1.807) is 18.2 Å². The SMILES string of the molecule is O=c1c([N+](=O)[O-])c(NC2CCCC3OCCC23)nc2ccccn12.